The molecule has 0 aliphatic rings. The Morgan fingerprint density at radius 3 is 2.80 bits per heavy atom. The first-order valence-electron chi connectivity index (χ1n) is 6.42. The molecular weight excluding hydrogens is 254 g/mol. The molecule has 0 radical (unpaired) electrons. The highest BCUT2D eigenvalue weighted by molar-refractivity contribution is 5.91. The number of furan rings is 1. The number of carbonyl (C=O) groups excluding carboxylic acids is 1. The van der Waals surface area contributed by atoms with Crippen molar-refractivity contribution >= 4 is 16.9 Å². The van der Waals surface area contributed by atoms with Crippen molar-refractivity contribution in [2.24, 2.45) is 7.05 Å². The molecule has 3 aromatic rings. The van der Waals surface area contributed by atoms with Crippen LogP contribution in [0.15, 0.2) is 47.1 Å². The molecule has 1 N–H and O–H groups in total. The van der Waals surface area contributed by atoms with Crippen molar-refractivity contribution in [3.63, 3.8) is 0 Å². The van der Waals surface area contributed by atoms with Gasteiger partial charge in [-0.25, -0.2) is 4.98 Å². The van der Waals surface area contributed by atoms with Crippen LogP contribution < -0.4 is 5.32 Å². The van der Waals surface area contributed by atoms with Gasteiger partial charge in [0.1, 0.15) is 5.82 Å². The first kappa shape index (κ1) is 12.5. The molecule has 0 saturated carbocycles. The topological polar surface area (TPSA) is 60.1 Å². The van der Waals surface area contributed by atoms with Gasteiger partial charge in [-0.15, -0.1) is 0 Å². The van der Waals surface area contributed by atoms with E-state index in [1.54, 1.807) is 12.1 Å². The van der Waals surface area contributed by atoms with Gasteiger partial charge in [0.05, 0.1) is 23.3 Å². The second kappa shape index (κ2) is 4.85. The van der Waals surface area contributed by atoms with Crippen molar-refractivity contribution in [2.75, 3.05) is 0 Å². The van der Waals surface area contributed by atoms with Crippen LogP contribution in [0.4, 0.5) is 0 Å². The van der Waals surface area contributed by atoms with E-state index in [1.165, 1.54) is 6.26 Å². The third-order valence-electron chi connectivity index (χ3n) is 3.30. The van der Waals surface area contributed by atoms with Crippen molar-refractivity contribution in [3.05, 3.63) is 54.2 Å². The largest absolute Gasteiger partial charge is 0.459 e. The second-order valence-corrected chi connectivity index (χ2v) is 4.69. The lowest BCUT2D eigenvalue weighted by Gasteiger charge is -2.12. The normalized spacial score (nSPS) is 12.5. The number of fused-ring (bicyclic) bond motifs is 1. The Bertz CT molecular complexity index is 744. The van der Waals surface area contributed by atoms with E-state index in [9.17, 15) is 4.79 Å². The van der Waals surface area contributed by atoms with Gasteiger partial charge in [-0.1, -0.05) is 12.1 Å². The lowest BCUT2D eigenvalue weighted by Crippen LogP contribution is -2.28. The number of hydrogen-bond donors (Lipinski definition) is 1. The fourth-order valence-corrected chi connectivity index (χ4v) is 2.29. The van der Waals surface area contributed by atoms with Crippen LogP contribution >= 0.6 is 0 Å². The lowest BCUT2D eigenvalue weighted by molar-refractivity contribution is 0.0910. The van der Waals surface area contributed by atoms with Gasteiger partial charge in [0.2, 0.25) is 0 Å². The molecular formula is C15H15N3O2. The summed E-state index contributed by atoms with van der Waals surface area (Å²) in [5, 5.41) is 2.88. The second-order valence-electron chi connectivity index (χ2n) is 4.69. The number of hydrogen-bond acceptors (Lipinski definition) is 3. The first-order valence-corrected chi connectivity index (χ1v) is 6.42. The maximum Gasteiger partial charge on any atom is 0.287 e. The number of aromatic nitrogens is 2. The van der Waals surface area contributed by atoms with E-state index < -0.39 is 0 Å². The summed E-state index contributed by atoms with van der Waals surface area (Å²) in [6.07, 6.45) is 1.48. The maximum absolute atomic E-state index is 12.0. The molecule has 0 bridgehead atoms. The molecule has 1 aromatic carbocycles. The molecule has 2 aromatic heterocycles. The lowest BCUT2D eigenvalue weighted by atomic mass is 10.3. The van der Waals surface area contributed by atoms with Gasteiger partial charge < -0.3 is 14.3 Å². The highest BCUT2D eigenvalue weighted by Crippen LogP contribution is 2.19. The molecule has 5 heteroatoms. The number of carbonyl (C=O) groups is 1. The molecule has 3 rings (SSSR count). The first-order chi connectivity index (χ1) is 9.66. The summed E-state index contributed by atoms with van der Waals surface area (Å²) in [5.41, 5.74) is 1.96. The van der Waals surface area contributed by atoms with Gasteiger partial charge >= 0.3 is 0 Å². The van der Waals surface area contributed by atoms with Crippen LogP contribution in [0.5, 0.6) is 0 Å². The highest BCUT2D eigenvalue weighted by atomic mass is 16.3. The quantitative estimate of drug-likeness (QED) is 0.795. The Morgan fingerprint density at radius 2 is 2.10 bits per heavy atom. The fraction of sp³-hybridized carbons (Fsp3) is 0.200. The molecule has 0 aliphatic heterocycles. The Hall–Kier alpha value is -2.56. The van der Waals surface area contributed by atoms with Crippen LogP contribution in [0.3, 0.4) is 0 Å². The van der Waals surface area contributed by atoms with Gasteiger partial charge in [-0.05, 0) is 31.2 Å². The number of imidazole rings is 1. The molecule has 0 spiro atoms. The number of aryl methyl sites for hydroxylation is 1. The Morgan fingerprint density at radius 1 is 1.30 bits per heavy atom. The van der Waals surface area contributed by atoms with Crippen LogP contribution in [0.1, 0.15) is 29.3 Å². The summed E-state index contributed by atoms with van der Waals surface area (Å²) in [4.78, 5) is 16.5. The van der Waals surface area contributed by atoms with Crippen molar-refractivity contribution in [2.45, 2.75) is 13.0 Å². The summed E-state index contributed by atoms with van der Waals surface area (Å²) in [6.45, 7) is 1.90. The molecule has 0 aliphatic carbocycles. The molecule has 102 valence electrons. The third kappa shape index (κ3) is 2.07. The molecule has 2 heterocycles. The molecule has 0 unspecified atom stereocenters. The van der Waals surface area contributed by atoms with Crippen LogP contribution in [-0.4, -0.2) is 15.5 Å². The van der Waals surface area contributed by atoms with E-state index in [0.29, 0.717) is 5.76 Å². The van der Waals surface area contributed by atoms with E-state index in [4.69, 9.17) is 4.42 Å². The zero-order valence-corrected chi connectivity index (χ0v) is 11.3. The number of rotatable bonds is 3. The predicted octanol–water partition coefficient (Wildman–Crippen LogP) is 2.66. The summed E-state index contributed by atoms with van der Waals surface area (Å²) < 4.78 is 7.07. The Balaban J connectivity index is 1.87. The molecule has 1 amide bonds. The zero-order chi connectivity index (χ0) is 14.1. The highest BCUT2D eigenvalue weighted by Gasteiger charge is 2.18. The SMILES string of the molecule is C[C@H](NC(=O)c1ccco1)c1nc2ccccc2n1C. The Labute approximate surface area is 116 Å². The maximum atomic E-state index is 12.0. The number of amides is 1. The number of nitrogens with one attached hydrogen (secondary N) is 1. The minimum Gasteiger partial charge on any atom is -0.459 e. The summed E-state index contributed by atoms with van der Waals surface area (Å²) in [6, 6.07) is 11.0. The Kier molecular flexibility index (Phi) is 3.02. The van der Waals surface area contributed by atoms with E-state index in [-0.39, 0.29) is 11.9 Å². The predicted molar refractivity (Wildman–Crippen MR) is 75.3 cm³/mol. The smallest absolute Gasteiger partial charge is 0.287 e. The van der Waals surface area contributed by atoms with Crippen LogP contribution in [0, 0.1) is 0 Å². The van der Waals surface area contributed by atoms with Crippen molar-refractivity contribution in [1.82, 2.24) is 14.9 Å². The van der Waals surface area contributed by atoms with E-state index in [0.717, 1.165) is 16.9 Å². The van der Waals surface area contributed by atoms with Crippen LogP contribution in [-0.2, 0) is 7.05 Å². The number of nitrogens with zero attached hydrogens (tertiary/aromatic N) is 2. The summed E-state index contributed by atoms with van der Waals surface area (Å²) in [7, 11) is 1.94. The average molecular weight is 269 g/mol. The van der Waals surface area contributed by atoms with Crippen molar-refractivity contribution in [3.8, 4) is 0 Å². The van der Waals surface area contributed by atoms with Crippen LogP contribution in [0.25, 0.3) is 11.0 Å². The number of benzene rings is 1. The fourth-order valence-electron chi connectivity index (χ4n) is 2.29. The third-order valence-corrected chi connectivity index (χ3v) is 3.30. The van der Waals surface area contributed by atoms with Crippen molar-refractivity contribution in [1.29, 1.82) is 0 Å². The average Bonchev–Trinajstić information content (AvgIpc) is 3.07. The van der Waals surface area contributed by atoms with E-state index in [1.807, 2.05) is 42.8 Å². The van der Waals surface area contributed by atoms with Gasteiger partial charge in [0.15, 0.2) is 5.76 Å². The van der Waals surface area contributed by atoms with Crippen molar-refractivity contribution < 1.29 is 9.21 Å². The van der Waals surface area contributed by atoms with E-state index >= 15 is 0 Å². The number of para-hydroxylation sites is 2. The van der Waals surface area contributed by atoms with Gasteiger partial charge in [-0.2, -0.15) is 0 Å². The zero-order valence-electron chi connectivity index (χ0n) is 11.3. The molecule has 1 atom stereocenters. The van der Waals surface area contributed by atoms with Crippen LogP contribution in [0.2, 0.25) is 0 Å². The summed E-state index contributed by atoms with van der Waals surface area (Å²) in [5.74, 6) is 0.872. The standard InChI is InChI=1S/C15H15N3O2/c1-10(16-15(19)13-8-5-9-20-13)14-17-11-6-3-4-7-12(11)18(14)2/h3-10H,1-2H3,(H,16,19)/t10-/m0/s1. The van der Waals surface area contributed by atoms with Gasteiger partial charge in [0, 0.05) is 7.05 Å². The molecule has 5 nitrogen and oxygen atoms in total. The summed E-state index contributed by atoms with van der Waals surface area (Å²) >= 11 is 0. The molecule has 0 saturated heterocycles. The minimum absolute atomic E-state index is 0.204. The molecule has 20 heavy (non-hydrogen) atoms. The van der Waals surface area contributed by atoms with Gasteiger partial charge in [-0.3, -0.25) is 4.79 Å². The minimum atomic E-state index is -0.241. The molecule has 0 fully saturated rings. The van der Waals surface area contributed by atoms with Gasteiger partial charge in [0.25, 0.3) is 5.91 Å². The monoisotopic (exact) mass is 269 g/mol. The van der Waals surface area contributed by atoms with E-state index in [2.05, 4.69) is 10.3 Å².